The number of hydrogen-bond acceptors (Lipinski definition) is 3. The number of ether oxygens (including phenoxy) is 1. The molecule has 0 radical (unpaired) electrons. The van der Waals surface area contributed by atoms with Gasteiger partial charge in [-0.1, -0.05) is 23.7 Å². The van der Waals surface area contributed by atoms with Gasteiger partial charge in [-0.2, -0.15) is 0 Å². The number of halogens is 2. The minimum Gasteiger partial charge on any atom is -0.493 e. The van der Waals surface area contributed by atoms with E-state index >= 15 is 0 Å². The van der Waals surface area contributed by atoms with Crippen molar-refractivity contribution in [1.82, 2.24) is 5.32 Å². The highest BCUT2D eigenvalue weighted by atomic mass is 35.5. The normalized spacial score (nSPS) is 12.2. The Bertz CT molecular complexity index is 1160. The fourth-order valence-electron chi connectivity index (χ4n) is 3.46. The molecule has 1 amide bonds. The SMILES string of the molecule is O=C(O)c1cccc(-c2cc3c(c(CNC(=O)c4ccc(Cl)cc4F)c2)OCC3)c1. The first-order chi connectivity index (χ1) is 14.4. The quantitative estimate of drug-likeness (QED) is 0.620. The van der Waals surface area contributed by atoms with Gasteiger partial charge in [-0.3, -0.25) is 4.79 Å². The fraction of sp³-hybridized carbons (Fsp3) is 0.130. The number of carboxylic acid groups (broad SMARTS) is 1. The number of nitrogens with one attached hydrogen (secondary N) is 1. The minimum atomic E-state index is -1.00. The van der Waals surface area contributed by atoms with Crippen molar-refractivity contribution in [2.45, 2.75) is 13.0 Å². The van der Waals surface area contributed by atoms with Crippen molar-refractivity contribution < 1.29 is 23.8 Å². The molecule has 30 heavy (non-hydrogen) atoms. The van der Waals surface area contributed by atoms with Gasteiger partial charge in [-0.25, -0.2) is 9.18 Å². The van der Waals surface area contributed by atoms with Crippen molar-refractivity contribution in [2.75, 3.05) is 6.61 Å². The van der Waals surface area contributed by atoms with Crippen LogP contribution >= 0.6 is 11.6 Å². The average Bonchev–Trinajstić information content (AvgIpc) is 3.20. The van der Waals surface area contributed by atoms with E-state index in [0.29, 0.717) is 18.8 Å². The van der Waals surface area contributed by atoms with Gasteiger partial charge in [0.05, 0.1) is 17.7 Å². The monoisotopic (exact) mass is 425 g/mol. The number of benzene rings is 3. The van der Waals surface area contributed by atoms with Gasteiger partial charge in [0, 0.05) is 23.6 Å². The Labute approximate surface area is 177 Å². The maximum absolute atomic E-state index is 14.0. The smallest absolute Gasteiger partial charge is 0.335 e. The molecule has 2 N–H and O–H groups in total. The number of carbonyl (C=O) groups is 2. The maximum atomic E-state index is 14.0. The number of aromatic carboxylic acids is 1. The lowest BCUT2D eigenvalue weighted by Crippen LogP contribution is -2.24. The molecule has 1 aliphatic heterocycles. The summed E-state index contributed by atoms with van der Waals surface area (Å²) >= 11 is 5.74. The van der Waals surface area contributed by atoms with Crippen LogP contribution in [0.5, 0.6) is 5.75 Å². The van der Waals surface area contributed by atoms with Crippen molar-refractivity contribution in [1.29, 1.82) is 0 Å². The zero-order chi connectivity index (χ0) is 21.3. The Morgan fingerprint density at radius 2 is 1.93 bits per heavy atom. The number of carboxylic acids is 1. The van der Waals surface area contributed by atoms with Crippen molar-refractivity contribution in [2.24, 2.45) is 0 Å². The summed E-state index contributed by atoms with van der Waals surface area (Å²) in [5.41, 5.74) is 3.39. The third-order valence-corrected chi connectivity index (χ3v) is 5.15. The molecule has 3 aromatic rings. The summed E-state index contributed by atoms with van der Waals surface area (Å²) in [5, 5.41) is 12.2. The van der Waals surface area contributed by atoms with Gasteiger partial charge >= 0.3 is 5.97 Å². The van der Waals surface area contributed by atoms with Gasteiger partial charge < -0.3 is 15.2 Å². The fourth-order valence-corrected chi connectivity index (χ4v) is 3.62. The van der Waals surface area contributed by atoms with Crippen LogP contribution in [0.15, 0.2) is 54.6 Å². The summed E-state index contributed by atoms with van der Waals surface area (Å²) in [6.07, 6.45) is 0.717. The molecule has 0 unspecified atom stereocenters. The van der Waals surface area contributed by atoms with E-state index in [2.05, 4.69) is 5.32 Å². The number of amides is 1. The first-order valence-electron chi connectivity index (χ1n) is 9.28. The number of rotatable bonds is 5. The summed E-state index contributed by atoms with van der Waals surface area (Å²) in [7, 11) is 0. The predicted molar refractivity (Wildman–Crippen MR) is 111 cm³/mol. The topological polar surface area (TPSA) is 75.6 Å². The summed E-state index contributed by atoms with van der Waals surface area (Å²) in [6.45, 7) is 0.663. The van der Waals surface area contributed by atoms with Gasteiger partial charge in [-0.15, -0.1) is 0 Å². The molecule has 3 aromatic carbocycles. The summed E-state index contributed by atoms with van der Waals surface area (Å²) < 4.78 is 19.7. The lowest BCUT2D eigenvalue weighted by atomic mass is 9.97. The molecule has 0 fully saturated rings. The number of hydrogen-bond donors (Lipinski definition) is 2. The van der Waals surface area contributed by atoms with Crippen LogP contribution in [0.2, 0.25) is 5.02 Å². The van der Waals surface area contributed by atoms with Crippen LogP contribution in [0, 0.1) is 5.82 Å². The molecule has 0 saturated heterocycles. The summed E-state index contributed by atoms with van der Waals surface area (Å²) in [5.74, 6) is -1.56. The highest BCUT2D eigenvalue weighted by Gasteiger charge is 2.20. The lowest BCUT2D eigenvalue weighted by Gasteiger charge is -2.13. The molecular formula is C23H17ClFNO4. The molecule has 0 atom stereocenters. The lowest BCUT2D eigenvalue weighted by molar-refractivity contribution is 0.0696. The van der Waals surface area contributed by atoms with Crippen LogP contribution in [-0.2, 0) is 13.0 Å². The molecule has 5 nitrogen and oxygen atoms in total. The highest BCUT2D eigenvalue weighted by molar-refractivity contribution is 6.30. The van der Waals surface area contributed by atoms with E-state index in [0.717, 1.165) is 28.3 Å². The Morgan fingerprint density at radius 1 is 1.10 bits per heavy atom. The van der Waals surface area contributed by atoms with E-state index in [1.165, 1.54) is 18.2 Å². The van der Waals surface area contributed by atoms with Crippen molar-refractivity contribution in [3.8, 4) is 16.9 Å². The van der Waals surface area contributed by atoms with Crippen LogP contribution in [0.3, 0.4) is 0 Å². The van der Waals surface area contributed by atoms with Crippen LogP contribution in [0.4, 0.5) is 4.39 Å². The van der Waals surface area contributed by atoms with E-state index in [9.17, 15) is 19.1 Å². The Kier molecular flexibility index (Phi) is 5.42. The highest BCUT2D eigenvalue weighted by Crippen LogP contribution is 2.35. The van der Waals surface area contributed by atoms with Crippen molar-refractivity contribution in [3.05, 3.63) is 87.7 Å². The molecule has 0 spiro atoms. The Hall–Kier alpha value is -3.38. The van der Waals surface area contributed by atoms with Crippen LogP contribution < -0.4 is 10.1 Å². The second-order valence-corrected chi connectivity index (χ2v) is 7.35. The third-order valence-electron chi connectivity index (χ3n) is 4.92. The van der Waals surface area contributed by atoms with Gasteiger partial charge in [0.1, 0.15) is 11.6 Å². The molecule has 0 aliphatic carbocycles. The maximum Gasteiger partial charge on any atom is 0.335 e. The predicted octanol–water partition coefficient (Wildman–Crippen LogP) is 4.71. The van der Waals surface area contributed by atoms with E-state index in [1.54, 1.807) is 12.1 Å². The van der Waals surface area contributed by atoms with Gasteiger partial charge in [0.25, 0.3) is 5.91 Å². The van der Waals surface area contributed by atoms with Gasteiger partial charge in [-0.05, 0) is 59.2 Å². The van der Waals surface area contributed by atoms with Crippen molar-refractivity contribution >= 4 is 23.5 Å². The zero-order valence-electron chi connectivity index (χ0n) is 15.7. The Balaban J connectivity index is 1.63. The second-order valence-electron chi connectivity index (χ2n) is 6.91. The van der Waals surface area contributed by atoms with Crippen LogP contribution in [0.25, 0.3) is 11.1 Å². The molecule has 0 aromatic heterocycles. The standard InChI is InChI=1S/C23H17ClFNO4/c24-18-4-5-19(20(25)11-18)22(27)26-12-17-10-16(9-14-6-7-30-21(14)17)13-2-1-3-15(8-13)23(28)29/h1-5,8-11H,6-7,12H2,(H,26,27)(H,28,29). The molecule has 1 heterocycles. The largest absolute Gasteiger partial charge is 0.493 e. The van der Waals surface area contributed by atoms with Gasteiger partial charge in [0.2, 0.25) is 0 Å². The van der Waals surface area contributed by atoms with E-state index in [-0.39, 0.29) is 22.7 Å². The molecule has 152 valence electrons. The molecule has 0 saturated carbocycles. The van der Waals surface area contributed by atoms with Crippen molar-refractivity contribution in [3.63, 3.8) is 0 Å². The zero-order valence-corrected chi connectivity index (χ0v) is 16.5. The third kappa shape index (κ3) is 4.00. The summed E-state index contributed by atoms with van der Waals surface area (Å²) in [6, 6.07) is 14.3. The first-order valence-corrected chi connectivity index (χ1v) is 9.66. The number of carbonyl (C=O) groups excluding carboxylic acids is 1. The second kappa shape index (κ2) is 8.16. The van der Waals surface area contributed by atoms with Gasteiger partial charge in [0.15, 0.2) is 0 Å². The van der Waals surface area contributed by atoms with Crippen LogP contribution in [-0.4, -0.2) is 23.6 Å². The minimum absolute atomic E-state index is 0.0951. The molecule has 4 rings (SSSR count). The molecule has 7 heteroatoms. The average molecular weight is 426 g/mol. The molecule has 0 bridgehead atoms. The van der Waals surface area contributed by atoms with E-state index in [4.69, 9.17) is 16.3 Å². The molecular weight excluding hydrogens is 409 g/mol. The van der Waals surface area contributed by atoms with E-state index in [1.807, 2.05) is 18.2 Å². The molecule has 1 aliphatic rings. The number of fused-ring (bicyclic) bond motifs is 1. The van der Waals surface area contributed by atoms with Crippen LogP contribution in [0.1, 0.15) is 31.8 Å². The summed E-state index contributed by atoms with van der Waals surface area (Å²) in [4.78, 5) is 23.7. The Morgan fingerprint density at radius 3 is 2.70 bits per heavy atom. The van der Waals surface area contributed by atoms with E-state index < -0.39 is 17.7 Å². The first kappa shape index (κ1) is 19.9.